The molecule has 1 atom stereocenters. The van der Waals surface area contributed by atoms with Crippen LogP contribution in [0.2, 0.25) is 0 Å². The quantitative estimate of drug-likeness (QED) is 0.214. The minimum Gasteiger partial charge on any atom is -0.399 e. The van der Waals surface area contributed by atoms with Crippen molar-refractivity contribution in [1.82, 2.24) is 20.7 Å². The molecule has 39 heavy (non-hydrogen) atoms. The Hall–Kier alpha value is -4.05. The number of amides is 2. The van der Waals surface area contributed by atoms with Gasteiger partial charge in [0.25, 0.3) is 11.8 Å². The molecule has 0 aliphatic carbocycles. The number of nitrogens with one attached hydrogen (secondary N) is 2. The van der Waals surface area contributed by atoms with E-state index in [0.717, 1.165) is 17.4 Å². The van der Waals surface area contributed by atoms with Crippen molar-refractivity contribution in [2.45, 2.75) is 59.4 Å². The van der Waals surface area contributed by atoms with Gasteiger partial charge in [-0.1, -0.05) is 49.8 Å². The van der Waals surface area contributed by atoms with Crippen molar-refractivity contribution in [3.63, 3.8) is 0 Å². The molecule has 10 heteroatoms. The highest BCUT2D eigenvalue weighted by Crippen LogP contribution is 2.20. The summed E-state index contributed by atoms with van der Waals surface area (Å²) < 4.78 is 0. The number of hydrazine groups is 1. The smallest absolute Gasteiger partial charge is 0.270 e. The predicted octanol–water partition coefficient (Wildman–Crippen LogP) is 3.14. The predicted molar refractivity (Wildman–Crippen MR) is 157 cm³/mol. The Morgan fingerprint density at radius 3 is 2.56 bits per heavy atom. The van der Waals surface area contributed by atoms with Crippen molar-refractivity contribution >= 4 is 35.5 Å². The first kappa shape index (κ1) is 31.2. The molecule has 2 aliphatic rings. The number of allylic oxidation sites excluding steroid dienone is 3. The van der Waals surface area contributed by atoms with Gasteiger partial charge in [0.05, 0.1) is 0 Å². The largest absolute Gasteiger partial charge is 0.399 e. The van der Waals surface area contributed by atoms with E-state index in [1.54, 1.807) is 17.1 Å². The second-order valence-electron chi connectivity index (χ2n) is 8.95. The van der Waals surface area contributed by atoms with Crippen LogP contribution in [0, 0.1) is 0 Å². The number of hydrogen-bond donors (Lipinski definition) is 3. The van der Waals surface area contributed by atoms with E-state index in [1.165, 1.54) is 6.08 Å². The van der Waals surface area contributed by atoms with Gasteiger partial charge in [0.2, 0.25) is 5.96 Å². The van der Waals surface area contributed by atoms with E-state index in [9.17, 15) is 14.4 Å². The number of rotatable bonds is 12. The lowest BCUT2D eigenvalue weighted by atomic mass is 10.1. The third kappa shape index (κ3) is 9.33. The molecular formula is C29H41N7O3. The minimum atomic E-state index is -0.376. The monoisotopic (exact) mass is 535 g/mol. The summed E-state index contributed by atoms with van der Waals surface area (Å²) in [6.45, 7) is 8.55. The molecule has 4 N–H and O–H groups in total. The topological polar surface area (TPSA) is 132 Å². The summed E-state index contributed by atoms with van der Waals surface area (Å²) in [5, 5.41) is 9.28. The van der Waals surface area contributed by atoms with E-state index in [-0.39, 0.29) is 29.3 Å². The molecule has 0 radical (unpaired) electrons. The van der Waals surface area contributed by atoms with E-state index in [4.69, 9.17) is 5.73 Å². The average Bonchev–Trinajstić information content (AvgIpc) is 3.31. The number of nitrogen functional groups attached to an aromatic ring is 1. The molecule has 0 fully saturated rings. The van der Waals surface area contributed by atoms with Crippen LogP contribution in [-0.4, -0.2) is 66.1 Å². The highest BCUT2D eigenvalue weighted by molar-refractivity contribution is 6.46. The molecule has 0 bridgehead atoms. The Labute approximate surface area is 231 Å². The van der Waals surface area contributed by atoms with Crippen molar-refractivity contribution in [3.8, 4) is 0 Å². The van der Waals surface area contributed by atoms with Gasteiger partial charge in [-0.15, -0.1) is 0 Å². The van der Waals surface area contributed by atoms with Gasteiger partial charge in [0.1, 0.15) is 24.4 Å². The number of benzene rings is 1. The second kappa shape index (κ2) is 16.0. The van der Waals surface area contributed by atoms with Crippen molar-refractivity contribution in [3.05, 3.63) is 65.4 Å². The zero-order valence-electron chi connectivity index (χ0n) is 23.6. The van der Waals surface area contributed by atoms with Gasteiger partial charge in [-0.2, -0.15) is 5.01 Å². The fourth-order valence-corrected chi connectivity index (χ4v) is 3.94. The lowest BCUT2D eigenvalue weighted by Gasteiger charge is -2.30. The number of hydrogen-bond acceptors (Lipinski definition) is 8. The molecule has 1 unspecified atom stereocenters. The highest BCUT2D eigenvalue weighted by atomic mass is 16.2. The average molecular weight is 536 g/mol. The van der Waals surface area contributed by atoms with Gasteiger partial charge in [0.15, 0.2) is 0 Å². The number of aliphatic imine (C=N–C) groups is 2. The van der Waals surface area contributed by atoms with Crippen molar-refractivity contribution < 1.29 is 14.4 Å². The van der Waals surface area contributed by atoms with Crippen LogP contribution in [0.5, 0.6) is 0 Å². The molecule has 2 aliphatic heterocycles. The van der Waals surface area contributed by atoms with Crippen LogP contribution in [-0.2, 0) is 20.8 Å². The lowest BCUT2D eigenvalue weighted by molar-refractivity contribution is -0.120. The van der Waals surface area contributed by atoms with E-state index in [0.29, 0.717) is 50.5 Å². The minimum absolute atomic E-state index is 0.128. The number of aldehydes is 1. The Morgan fingerprint density at radius 2 is 1.90 bits per heavy atom. The van der Waals surface area contributed by atoms with Gasteiger partial charge in [-0.3, -0.25) is 9.59 Å². The summed E-state index contributed by atoms with van der Waals surface area (Å²) in [6.07, 6.45) is 10.6. The Balaban J connectivity index is 0.00000260. The normalized spacial score (nSPS) is 15.9. The maximum Gasteiger partial charge on any atom is 0.270 e. The van der Waals surface area contributed by atoms with E-state index in [1.807, 2.05) is 70.2 Å². The number of fused-ring (bicyclic) bond motifs is 1. The summed E-state index contributed by atoms with van der Waals surface area (Å²) >= 11 is 0. The van der Waals surface area contributed by atoms with Gasteiger partial charge < -0.3 is 21.2 Å². The van der Waals surface area contributed by atoms with Crippen molar-refractivity contribution in [2.24, 2.45) is 9.98 Å². The van der Waals surface area contributed by atoms with Gasteiger partial charge in [-0.25, -0.2) is 15.0 Å². The number of nitrogens with two attached hydrogens (primary N) is 1. The van der Waals surface area contributed by atoms with Crippen LogP contribution >= 0.6 is 0 Å². The SMILES string of the molecule is C/C=C/C(CC/C=C(\C)CC=O)NC(=O)C1=CC(C(=O)NCCc2ccc(N)cc2)=NC2=NCN(C)N12.CC. The molecule has 3 rings (SSSR count). The van der Waals surface area contributed by atoms with Crippen LogP contribution in [0.3, 0.4) is 0 Å². The number of carbonyl (C=O) groups excluding carboxylic acids is 3. The van der Waals surface area contributed by atoms with Gasteiger partial charge in [0, 0.05) is 37.8 Å². The number of carbonyl (C=O) groups is 3. The van der Waals surface area contributed by atoms with E-state index >= 15 is 0 Å². The number of guanidine groups is 1. The summed E-state index contributed by atoms with van der Waals surface area (Å²) in [7, 11) is 1.80. The number of anilines is 1. The molecule has 1 aromatic rings. The molecule has 2 amide bonds. The maximum atomic E-state index is 13.4. The highest BCUT2D eigenvalue weighted by Gasteiger charge is 2.35. The molecule has 0 saturated carbocycles. The standard InChI is InChI=1S/C27H35N7O3.C2H6/c1-4-6-22(8-5-7-19(2)14-16-35)31-26(37)24-17-23(32-27-30-18-33(3)34(24)27)25(36)29-15-13-20-9-11-21(28)12-10-20;1-2/h4,6-7,9-12,16-17,22H,5,8,13-15,18,28H2,1-3H3,(H,29,36)(H,31,37);1-2H3/b6-4+,19-7+;. The zero-order valence-corrected chi connectivity index (χ0v) is 23.6. The Morgan fingerprint density at radius 1 is 1.18 bits per heavy atom. The van der Waals surface area contributed by atoms with Crippen molar-refractivity contribution in [1.29, 1.82) is 0 Å². The van der Waals surface area contributed by atoms with Crippen molar-refractivity contribution in [2.75, 3.05) is 26.0 Å². The fraction of sp³-hybridized carbons (Fsp3) is 0.414. The summed E-state index contributed by atoms with van der Waals surface area (Å²) in [5.74, 6) is -0.410. The third-order valence-corrected chi connectivity index (χ3v) is 5.93. The van der Waals surface area contributed by atoms with Crippen LogP contribution in [0.15, 0.2) is 69.8 Å². The summed E-state index contributed by atoms with van der Waals surface area (Å²) in [5.41, 5.74) is 8.87. The maximum absolute atomic E-state index is 13.4. The third-order valence-electron chi connectivity index (χ3n) is 5.93. The second-order valence-corrected chi connectivity index (χ2v) is 8.95. The Kier molecular flexibility index (Phi) is 12.8. The van der Waals surface area contributed by atoms with E-state index < -0.39 is 0 Å². The van der Waals surface area contributed by atoms with E-state index in [2.05, 4.69) is 20.6 Å². The molecule has 10 nitrogen and oxygen atoms in total. The molecule has 0 spiro atoms. The number of nitrogens with zero attached hydrogens (tertiary/aromatic N) is 4. The molecule has 0 saturated heterocycles. The summed E-state index contributed by atoms with van der Waals surface area (Å²) in [6, 6.07) is 7.27. The van der Waals surface area contributed by atoms with Crippen LogP contribution in [0.1, 0.15) is 52.5 Å². The first-order chi connectivity index (χ1) is 18.8. The molecule has 2 heterocycles. The molecule has 210 valence electrons. The first-order valence-corrected chi connectivity index (χ1v) is 13.3. The zero-order chi connectivity index (χ0) is 28.8. The Bertz CT molecular complexity index is 1150. The first-order valence-electron chi connectivity index (χ1n) is 13.3. The van der Waals surface area contributed by atoms with Gasteiger partial charge in [-0.05, 0) is 50.8 Å². The fourth-order valence-electron chi connectivity index (χ4n) is 3.94. The lowest BCUT2D eigenvalue weighted by Crippen LogP contribution is -2.48. The summed E-state index contributed by atoms with van der Waals surface area (Å²) in [4.78, 5) is 45.7. The van der Waals surface area contributed by atoms with Crippen LogP contribution < -0.4 is 16.4 Å². The van der Waals surface area contributed by atoms with Gasteiger partial charge >= 0.3 is 0 Å². The van der Waals surface area contributed by atoms with Crippen LogP contribution in [0.4, 0.5) is 5.69 Å². The molecule has 0 aromatic heterocycles. The molecular weight excluding hydrogens is 494 g/mol. The molecule has 1 aromatic carbocycles. The van der Waals surface area contributed by atoms with Crippen LogP contribution in [0.25, 0.3) is 0 Å².